The van der Waals surface area contributed by atoms with E-state index in [-0.39, 0.29) is 30.5 Å². The van der Waals surface area contributed by atoms with E-state index in [1.54, 1.807) is 19.1 Å². The van der Waals surface area contributed by atoms with Crippen molar-refractivity contribution in [2.75, 3.05) is 20.2 Å². The van der Waals surface area contributed by atoms with E-state index in [2.05, 4.69) is 4.74 Å². The highest BCUT2D eigenvalue weighted by Crippen LogP contribution is 2.14. The molecule has 0 radical (unpaired) electrons. The lowest BCUT2D eigenvalue weighted by molar-refractivity contribution is -0.384. The Morgan fingerprint density at radius 2 is 2.14 bits per heavy atom. The number of ether oxygens (including phenoxy) is 1. The summed E-state index contributed by atoms with van der Waals surface area (Å²) in [6, 6.07) is 5.99. The molecule has 22 heavy (non-hydrogen) atoms. The standard InChI is InChI=1S/C15H18N2O5/c1-3-16(10-9-15(19)22-2)14(18)8-7-12-5-4-6-13(11-12)17(20)21/h4-8,11H,3,9-10H2,1-2H3. The number of methoxy groups -OCH3 is 1. The molecule has 0 N–H and O–H groups in total. The molecule has 0 heterocycles. The number of esters is 1. The Morgan fingerprint density at radius 1 is 1.41 bits per heavy atom. The number of nitro benzene ring substituents is 1. The van der Waals surface area contributed by atoms with Gasteiger partial charge in [0.2, 0.25) is 5.91 Å². The Hall–Kier alpha value is -2.70. The van der Waals surface area contributed by atoms with Crippen LogP contribution in [0.4, 0.5) is 5.69 Å². The molecule has 1 aromatic rings. The molecule has 7 heteroatoms. The van der Waals surface area contributed by atoms with Crippen molar-refractivity contribution in [1.82, 2.24) is 4.90 Å². The highest BCUT2D eigenvalue weighted by Gasteiger charge is 2.11. The number of carbonyl (C=O) groups excluding carboxylic acids is 2. The molecule has 0 aliphatic rings. The van der Waals surface area contributed by atoms with E-state index in [9.17, 15) is 19.7 Å². The molecule has 0 aliphatic heterocycles. The molecule has 1 rings (SSSR count). The topological polar surface area (TPSA) is 89.8 Å². The molecule has 0 bridgehead atoms. The Balaban J connectivity index is 2.70. The zero-order valence-corrected chi connectivity index (χ0v) is 12.5. The number of non-ortho nitro benzene ring substituents is 1. The first-order valence-electron chi connectivity index (χ1n) is 6.76. The van der Waals surface area contributed by atoms with Crippen LogP contribution in [0.25, 0.3) is 6.08 Å². The molecule has 0 atom stereocenters. The second kappa shape index (κ2) is 8.56. The van der Waals surface area contributed by atoms with Crippen LogP contribution in [-0.2, 0) is 14.3 Å². The van der Waals surface area contributed by atoms with Gasteiger partial charge in [-0.2, -0.15) is 0 Å². The molecular formula is C15H18N2O5. The summed E-state index contributed by atoms with van der Waals surface area (Å²) in [6.07, 6.45) is 2.97. The van der Waals surface area contributed by atoms with Gasteiger partial charge >= 0.3 is 5.97 Å². The third-order valence-corrected chi connectivity index (χ3v) is 3.01. The molecule has 0 saturated heterocycles. The van der Waals surface area contributed by atoms with Crippen LogP contribution in [0, 0.1) is 10.1 Å². The maximum absolute atomic E-state index is 12.0. The van der Waals surface area contributed by atoms with Crippen LogP contribution in [-0.4, -0.2) is 41.9 Å². The van der Waals surface area contributed by atoms with Crippen LogP contribution in [0.1, 0.15) is 18.9 Å². The van der Waals surface area contributed by atoms with Gasteiger partial charge in [0.1, 0.15) is 0 Å². The van der Waals surface area contributed by atoms with E-state index < -0.39 is 4.92 Å². The van der Waals surface area contributed by atoms with E-state index >= 15 is 0 Å². The first-order valence-corrected chi connectivity index (χ1v) is 6.76. The van der Waals surface area contributed by atoms with Crippen molar-refractivity contribution in [2.45, 2.75) is 13.3 Å². The van der Waals surface area contributed by atoms with Crippen molar-refractivity contribution in [3.8, 4) is 0 Å². The summed E-state index contributed by atoms with van der Waals surface area (Å²) in [5, 5.41) is 10.7. The second-order valence-electron chi connectivity index (χ2n) is 4.43. The fourth-order valence-corrected chi connectivity index (χ4v) is 1.77. The predicted molar refractivity (Wildman–Crippen MR) is 81.0 cm³/mol. The monoisotopic (exact) mass is 306 g/mol. The molecular weight excluding hydrogens is 288 g/mol. The van der Waals surface area contributed by atoms with Gasteiger partial charge in [-0.15, -0.1) is 0 Å². The minimum atomic E-state index is -0.492. The molecule has 118 valence electrons. The number of rotatable bonds is 7. The van der Waals surface area contributed by atoms with E-state index in [1.165, 1.54) is 36.3 Å². The molecule has 1 amide bonds. The third kappa shape index (κ3) is 5.35. The summed E-state index contributed by atoms with van der Waals surface area (Å²) in [5.41, 5.74) is 0.527. The lowest BCUT2D eigenvalue weighted by atomic mass is 10.2. The van der Waals surface area contributed by atoms with Gasteiger partial charge in [0.25, 0.3) is 5.69 Å². The van der Waals surface area contributed by atoms with Crippen LogP contribution < -0.4 is 0 Å². The fraction of sp³-hybridized carbons (Fsp3) is 0.333. The SMILES string of the molecule is CCN(CCC(=O)OC)C(=O)C=Cc1cccc([N+](=O)[O-])c1. The highest BCUT2D eigenvalue weighted by atomic mass is 16.6. The third-order valence-electron chi connectivity index (χ3n) is 3.01. The first-order chi connectivity index (χ1) is 10.5. The minimum Gasteiger partial charge on any atom is -0.469 e. The van der Waals surface area contributed by atoms with E-state index in [0.29, 0.717) is 12.1 Å². The molecule has 0 saturated carbocycles. The number of carbonyl (C=O) groups is 2. The van der Waals surface area contributed by atoms with Gasteiger partial charge in [-0.25, -0.2) is 0 Å². The lowest BCUT2D eigenvalue weighted by Crippen LogP contribution is -2.31. The Labute approximate surface area is 128 Å². The first kappa shape index (κ1) is 17.4. The zero-order chi connectivity index (χ0) is 16.5. The molecule has 0 spiro atoms. The summed E-state index contributed by atoms with van der Waals surface area (Å²) in [4.78, 5) is 34.8. The molecule has 7 nitrogen and oxygen atoms in total. The Morgan fingerprint density at radius 3 is 2.73 bits per heavy atom. The van der Waals surface area contributed by atoms with Crippen LogP contribution in [0.2, 0.25) is 0 Å². The summed E-state index contributed by atoms with van der Waals surface area (Å²) >= 11 is 0. The van der Waals surface area contributed by atoms with Crippen molar-refractivity contribution in [2.24, 2.45) is 0 Å². The van der Waals surface area contributed by atoms with Gasteiger partial charge in [0, 0.05) is 31.3 Å². The maximum Gasteiger partial charge on any atom is 0.307 e. The van der Waals surface area contributed by atoms with E-state index in [1.807, 2.05) is 0 Å². The van der Waals surface area contributed by atoms with Gasteiger partial charge in [-0.05, 0) is 18.6 Å². The average Bonchev–Trinajstić information content (AvgIpc) is 2.53. The van der Waals surface area contributed by atoms with Crippen LogP contribution in [0.5, 0.6) is 0 Å². The quantitative estimate of drug-likeness (QED) is 0.333. The van der Waals surface area contributed by atoms with Crippen LogP contribution in [0.15, 0.2) is 30.3 Å². The van der Waals surface area contributed by atoms with Crippen LogP contribution >= 0.6 is 0 Å². The number of hydrogen-bond donors (Lipinski definition) is 0. The number of nitrogens with zero attached hydrogens (tertiary/aromatic N) is 2. The van der Waals surface area contributed by atoms with E-state index in [4.69, 9.17) is 0 Å². The van der Waals surface area contributed by atoms with Gasteiger partial charge in [0.05, 0.1) is 18.5 Å². The van der Waals surface area contributed by atoms with Gasteiger partial charge in [-0.1, -0.05) is 12.1 Å². The Bertz CT molecular complexity index is 583. The summed E-state index contributed by atoms with van der Waals surface area (Å²) in [7, 11) is 1.29. The van der Waals surface area contributed by atoms with E-state index in [0.717, 1.165) is 0 Å². The van der Waals surface area contributed by atoms with Crippen molar-refractivity contribution >= 4 is 23.6 Å². The summed E-state index contributed by atoms with van der Waals surface area (Å²) < 4.78 is 4.53. The minimum absolute atomic E-state index is 0.0346. The lowest BCUT2D eigenvalue weighted by Gasteiger charge is -2.18. The molecule has 0 aromatic heterocycles. The maximum atomic E-state index is 12.0. The van der Waals surface area contributed by atoms with Gasteiger partial charge in [-0.3, -0.25) is 19.7 Å². The molecule has 0 fully saturated rings. The molecule has 0 unspecified atom stereocenters. The smallest absolute Gasteiger partial charge is 0.307 e. The van der Waals surface area contributed by atoms with Crippen molar-refractivity contribution < 1.29 is 19.2 Å². The number of likely N-dealkylation sites (N-methyl/N-ethyl adjacent to an activating group) is 1. The molecule has 1 aromatic carbocycles. The van der Waals surface area contributed by atoms with Crippen LogP contribution in [0.3, 0.4) is 0 Å². The van der Waals surface area contributed by atoms with Gasteiger partial charge < -0.3 is 9.64 Å². The number of hydrogen-bond acceptors (Lipinski definition) is 5. The summed E-state index contributed by atoms with van der Waals surface area (Å²) in [5.74, 6) is -0.646. The van der Waals surface area contributed by atoms with Crippen molar-refractivity contribution in [3.63, 3.8) is 0 Å². The van der Waals surface area contributed by atoms with Gasteiger partial charge in [0.15, 0.2) is 0 Å². The number of nitro groups is 1. The Kier molecular flexibility index (Phi) is 6.75. The largest absolute Gasteiger partial charge is 0.469 e. The predicted octanol–water partition coefficient (Wildman–Crippen LogP) is 2.02. The summed E-state index contributed by atoms with van der Waals surface area (Å²) in [6.45, 7) is 2.52. The van der Waals surface area contributed by atoms with Crippen molar-refractivity contribution in [3.05, 3.63) is 46.0 Å². The average molecular weight is 306 g/mol. The fourth-order valence-electron chi connectivity index (χ4n) is 1.77. The number of benzene rings is 1. The molecule has 0 aliphatic carbocycles. The van der Waals surface area contributed by atoms with Crippen molar-refractivity contribution in [1.29, 1.82) is 0 Å². The highest BCUT2D eigenvalue weighted by molar-refractivity contribution is 5.92. The zero-order valence-electron chi connectivity index (χ0n) is 12.5. The normalized spacial score (nSPS) is 10.5. The number of amides is 1. The second-order valence-corrected chi connectivity index (χ2v) is 4.43.